The maximum Gasteiger partial charge on any atom is 0.147 e. The first-order valence-electron chi connectivity index (χ1n) is 18.8. The highest BCUT2D eigenvalue weighted by Crippen LogP contribution is 2.49. The van der Waals surface area contributed by atoms with Crippen LogP contribution < -0.4 is 0 Å². The molecule has 0 saturated heterocycles. The Bertz CT molecular complexity index is 3390. The molecule has 0 bridgehead atoms. The highest BCUT2D eigenvalue weighted by Gasteiger charge is 2.25. The van der Waals surface area contributed by atoms with Gasteiger partial charge in [0.15, 0.2) is 0 Å². The van der Waals surface area contributed by atoms with Gasteiger partial charge in [-0.15, -0.1) is 0 Å². The molecule has 12 rings (SSSR count). The Morgan fingerprint density at radius 2 is 0.926 bits per heavy atom. The zero-order valence-electron chi connectivity index (χ0n) is 29.4. The van der Waals surface area contributed by atoms with Crippen LogP contribution in [0.5, 0.6) is 0 Å². The number of allylic oxidation sites excluding steroid dienone is 1. The molecule has 0 fully saturated rings. The van der Waals surface area contributed by atoms with Crippen molar-refractivity contribution in [2.75, 3.05) is 0 Å². The molecular weight excluding hydrogens is 657 g/mol. The maximum atomic E-state index is 6.85. The topological polar surface area (TPSA) is 26.3 Å². The minimum Gasteiger partial charge on any atom is -0.460 e. The Hall–Kier alpha value is -6.90. The van der Waals surface area contributed by atoms with Crippen molar-refractivity contribution in [3.05, 3.63) is 175 Å². The van der Waals surface area contributed by atoms with Crippen LogP contribution in [-0.2, 0) is 6.42 Å². The highest BCUT2D eigenvalue weighted by molar-refractivity contribution is 6.24. The molecule has 2 heterocycles. The van der Waals surface area contributed by atoms with E-state index >= 15 is 0 Å². The lowest BCUT2D eigenvalue weighted by atomic mass is 9.84. The van der Waals surface area contributed by atoms with Crippen LogP contribution in [0.15, 0.2) is 173 Å². The van der Waals surface area contributed by atoms with Crippen molar-refractivity contribution in [2.45, 2.75) is 12.8 Å². The van der Waals surface area contributed by atoms with E-state index in [1.54, 1.807) is 0 Å². The van der Waals surface area contributed by atoms with Crippen molar-refractivity contribution >= 4 is 82.1 Å². The number of rotatable bonds is 3. The minimum atomic E-state index is 0.862. The van der Waals surface area contributed by atoms with Gasteiger partial charge in [-0.05, 0) is 108 Å². The van der Waals surface area contributed by atoms with Gasteiger partial charge in [-0.3, -0.25) is 0 Å². The van der Waals surface area contributed by atoms with E-state index in [0.29, 0.717) is 0 Å². The average Bonchev–Trinajstić information content (AvgIpc) is 3.79. The van der Waals surface area contributed by atoms with Gasteiger partial charge in [0, 0.05) is 28.1 Å². The third-order valence-electron chi connectivity index (χ3n) is 11.6. The van der Waals surface area contributed by atoms with Crippen molar-refractivity contribution in [3.63, 3.8) is 0 Å². The van der Waals surface area contributed by atoms with Gasteiger partial charge in [-0.1, -0.05) is 140 Å². The fourth-order valence-electron chi connectivity index (χ4n) is 9.17. The van der Waals surface area contributed by atoms with E-state index in [1.165, 1.54) is 70.9 Å². The Morgan fingerprint density at radius 1 is 0.370 bits per heavy atom. The van der Waals surface area contributed by atoms with E-state index in [4.69, 9.17) is 8.83 Å². The van der Waals surface area contributed by atoms with Gasteiger partial charge in [-0.25, -0.2) is 0 Å². The second-order valence-corrected chi connectivity index (χ2v) is 14.7. The van der Waals surface area contributed by atoms with E-state index < -0.39 is 0 Å². The van der Waals surface area contributed by atoms with Crippen LogP contribution in [0.1, 0.15) is 17.7 Å². The van der Waals surface area contributed by atoms with Crippen LogP contribution in [0.25, 0.3) is 115 Å². The molecule has 2 heteroatoms. The molecule has 252 valence electrons. The molecule has 0 N–H and O–H groups in total. The highest BCUT2D eigenvalue weighted by atomic mass is 16.3. The molecule has 0 amide bonds. The summed E-state index contributed by atoms with van der Waals surface area (Å²) in [6, 6.07) is 57.6. The molecule has 0 unspecified atom stereocenters. The molecule has 2 nitrogen and oxygen atoms in total. The molecule has 2 aromatic heterocycles. The summed E-state index contributed by atoms with van der Waals surface area (Å²) in [6.45, 7) is 0. The number of furan rings is 2. The van der Waals surface area contributed by atoms with Gasteiger partial charge in [0.25, 0.3) is 0 Å². The van der Waals surface area contributed by atoms with Crippen LogP contribution in [-0.4, -0.2) is 0 Å². The first-order valence-corrected chi connectivity index (χ1v) is 18.8. The number of fused-ring (bicyclic) bond motifs is 10. The molecule has 0 spiro atoms. The van der Waals surface area contributed by atoms with Gasteiger partial charge in [0.05, 0.1) is 5.56 Å². The van der Waals surface area contributed by atoms with Gasteiger partial charge in [0.2, 0.25) is 0 Å². The lowest BCUT2D eigenvalue weighted by Gasteiger charge is -2.19. The van der Waals surface area contributed by atoms with E-state index in [1.807, 2.05) is 6.07 Å². The van der Waals surface area contributed by atoms with Crippen molar-refractivity contribution in [1.29, 1.82) is 0 Å². The number of benzene rings is 9. The average molecular weight is 689 g/mol. The third-order valence-corrected chi connectivity index (χ3v) is 11.6. The van der Waals surface area contributed by atoms with E-state index in [2.05, 4.69) is 164 Å². The first-order chi connectivity index (χ1) is 26.8. The Kier molecular flexibility index (Phi) is 6.20. The molecule has 9 aromatic carbocycles. The standard InChI is InChI=1S/C52H32O2/c1-3-13-33-27-35(23-21-31(33)11-1)48-40-17-5-6-18-41(40)49(36-24-22-32-12-2-4-14-34(32)28-36)43-29-37(25-26-42(43)48)50-51-44(38-15-7-9-19-46(38)53-51)30-45-39-16-8-10-20-47(39)54-52(45)50/h1-9,11-19,21-30H,10,20H2. The SMILES string of the molecule is C1=Cc2c(oc3c(-c4ccc5c(-c6ccc7ccccc7c6)c6ccccc6c(-c6ccc7ccccc7c6)c5c4)c4oc5ccccc5c4cc23)CC1. The molecule has 0 radical (unpaired) electrons. The van der Waals surface area contributed by atoms with Crippen molar-refractivity contribution < 1.29 is 8.83 Å². The van der Waals surface area contributed by atoms with Crippen molar-refractivity contribution in [2.24, 2.45) is 0 Å². The van der Waals surface area contributed by atoms with Crippen LogP contribution in [0.3, 0.4) is 0 Å². The lowest BCUT2D eigenvalue weighted by Crippen LogP contribution is -1.92. The zero-order valence-corrected chi connectivity index (χ0v) is 29.4. The Morgan fingerprint density at radius 3 is 1.65 bits per heavy atom. The number of para-hydroxylation sites is 1. The summed E-state index contributed by atoms with van der Waals surface area (Å²) in [4.78, 5) is 0. The summed E-state index contributed by atoms with van der Waals surface area (Å²) in [5.41, 5.74) is 10.8. The van der Waals surface area contributed by atoms with Gasteiger partial charge < -0.3 is 8.83 Å². The molecule has 1 aliphatic carbocycles. The second kappa shape index (κ2) is 11.3. The summed E-state index contributed by atoms with van der Waals surface area (Å²) in [7, 11) is 0. The fourth-order valence-corrected chi connectivity index (χ4v) is 9.17. The van der Waals surface area contributed by atoms with Gasteiger partial charge in [-0.2, -0.15) is 0 Å². The molecule has 54 heavy (non-hydrogen) atoms. The summed E-state index contributed by atoms with van der Waals surface area (Å²) >= 11 is 0. The van der Waals surface area contributed by atoms with Crippen LogP contribution in [0.2, 0.25) is 0 Å². The van der Waals surface area contributed by atoms with E-state index in [9.17, 15) is 0 Å². The second-order valence-electron chi connectivity index (χ2n) is 14.7. The minimum absolute atomic E-state index is 0.862. The predicted octanol–water partition coefficient (Wildman–Crippen LogP) is 14.9. The quantitative estimate of drug-likeness (QED) is 0.173. The number of hydrogen-bond acceptors (Lipinski definition) is 2. The van der Waals surface area contributed by atoms with Crippen LogP contribution >= 0.6 is 0 Å². The zero-order chi connectivity index (χ0) is 35.3. The predicted molar refractivity (Wildman–Crippen MR) is 227 cm³/mol. The van der Waals surface area contributed by atoms with Gasteiger partial charge >= 0.3 is 0 Å². The molecule has 1 aliphatic rings. The first kappa shape index (κ1) is 29.7. The van der Waals surface area contributed by atoms with Crippen LogP contribution in [0, 0.1) is 0 Å². The Labute approximate surface area is 311 Å². The Balaban J connectivity index is 1.24. The van der Waals surface area contributed by atoms with Gasteiger partial charge in [0.1, 0.15) is 22.5 Å². The molecule has 0 aliphatic heterocycles. The molecule has 11 aromatic rings. The summed E-state index contributed by atoms with van der Waals surface area (Å²) in [6.07, 6.45) is 6.38. The summed E-state index contributed by atoms with van der Waals surface area (Å²) in [5, 5.41) is 13.2. The van der Waals surface area contributed by atoms with Crippen molar-refractivity contribution in [3.8, 4) is 33.4 Å². The van der Waals surface area contributed by atoms with E-state index in [-0.39, 0.29) is 0 Å². The van der Waals surface area contributed by atoms with Crippen molar-refractivity contribution in [1.82, 2.24) is 0 Å². The maximum absolute atomic E-state index is 6.85. The smallest absolute Gasteiger partial charge is 0.147 e. The monoisotopic (exact) mass is 688 g/mol. The summed E-state index contributed by atoms with van der Waals surface area (Å²) < 4.78 is 13.6. The number of hydrogen-bond donors (Lipinski definition) is 0. The molecular formula is C52H32O2. The number of aryl methyl sites for hydroxylation is 1. The van der Waals surface area contributed by atoms with E-state index in [0.717, 1.165) is 62.6 Å². The van der Waals surface area contributed by atoms with Crippen LogP contribution in [0.4, 0.5) is 0 Å². The lowest BCUT2D eigenvalue weighted by molar-refractivity contribution is 0.546. The normalized spacial score (nSPS) is 13.0. The third kappa shape index (κ3) is 4.28. The molecule has 0 atom stereocenters. The fraction of sp³-hybridized carbons (Fsp3) is 0.0385. The molecule has 0 saturated carbocycles. The largest absolute Gasteiger partial charge is 0.460 e. The summed E-state index contributed by atoms with van der Waals surface area (Å²) in [5.74, 6) is 1.05.